The summed E-state index contributed by atoms with van der Waals surface area (Å²) in [5.74, 6) is 0.993. The summed E-state index contributed by atoms with van der Waals surface area (Å²) in [6.45, 7) is 7.76. The fourth-order valence-corrected chi connectivity index (χ4v) is 3.67. The topological polar surface area (TPSA) is 73.9 Å². The van der Waals surface area contributed by atoms with Crippen molar-refractivity contribution < 1.29 is 5.11 Å². The molecule has 164 valence electrons. The number of likely N-dealkylation sites (tertiary alicyclic amines) is 1. The standard InChI is InChI=1S/C24H34N4O.HI/c1-3-18(2)19-8-10-22(11-9-19)27-24(25)26-16-20-6-4-5-7-21(20)17-28-14-12-23(29)13-15-28;/h4-11,18,23,29H,3,12-17H2,1-2H3,(H3,25,26,27);1H. The van der Waals surface area contributed by atoms with Crippen molar-refractivity contribution in [2.24, 2.45) is 10.7 Å². The number of aliphatic hydroxyl groups excluding tert-OH is 1. The Kier molecular flexibility index (Phi) is 10.1. The van der Waals surface area contributed by atoms with Crippen molar-refractivity contribution in [2.45, 2.75) is 58.2 Å². The summed E-state index contributed by atoms with van der Waals surface area (Å²) in [5, 5.41) is 12.9. The van der Waals surface area contributed by atoms with Gasteiger partial charge in [-0.3, -0.25) is 4.90 Å². The van der Waals surface area contributed by atoms with Crippen LogP contribution >= 0.6 is 24.0 Å². The number of aliphatic imine (C=N–C) groups is 1. The Morgan fingerprint density at radius 1 is 1.13 bits per heavy atom. The van der Waals surface area contributed by atoms with Crippen LogP contribution in [0.2, 0.25) is 0 Å². The van der Waals surface area contributed by atoms with Gasteiger partial charge in [0.05, 0.1) is 12.6 Å². The van der Waals surface area contributed by atoms with Crippen molar-refractivity contribution in [2.75, 3.05) is 18.4 Å². The molecule has 5 nitrogen and oxygen atoms in total. The molecule has 0 radical (unpaired) electrons. The van der Waals surface area contributed by atoms with Crippen LogP contribution in [0.4, 0.5) is 5.69 Å². The van der Waals surface area contributed by atoms with Crippen LogP contribution in [-0.2, 0) is 13.1 Å². The van der Waals surface area contributed by atoms with E-state index in [4.69, 9.17) is 5.73 Å². The van der Waals surface area contributed by atoms with Gasteiger partial charge < -0.3 is 16.2 Å². The van der Waals surface area contributed by atoms with Crippen LogP contribution in [0.1, 0.15) is 55.7 Å². The second-order valence-corrected chi connectivity index (χ2v) is 8.03. The third-order valence-electron chi connectivity index (χ3n) is 5.85. The molecule has 2 aromatic carbocycles. The van der Waals surface area contributed by atoms with E-state index in [9.17, 15) is 5.11 Å². The van der Waals surface area contributed by atoms with E-state index in [0.717, 1.165) is 44.6 Å². The molecule has 0 amide bonds. The minimum atomic E-state index is -0.142. The Morgan fingerprint density at radius 2 is 1.77 bits per heavy atom. The average molecular weight is 522 g/mol. The monoisotopic (exact) mass is 522 g/mol. The number of nitrogens with one attached hydrogen (secondary N) is 1. The van der Waals surface area contributed by atoms with Crippen molar-refractivity contribution in [1.29, 1.82) is 0 Å². The number of hydrogen-bond donors (Lipinski definition) is 3. The van der Waals surface area contributed by atoms with Gasteiger partial charge in [-0.05, 0) is 54.0 Å². The van der Waals surface area contributed by atoms with Gasteiger partial charge in [-0.25, -0.2) is 4.99 Å². The Balaban J connectivity index is 0.00000320. The normalized spacial score (nSPS) is 16.7. The Labute approximate surface area is 197 Å². The van der Waals surface area contributed by atoms with Crippen LogP contribution in [0.5, 0.6) is 0 Å². The molecule has 6 heteroatoms. The number of aliphatic hydroxyl groups is 1. The Morgan fingerprint density at radius 3 is 2.40 bits per heavy atom. The lowest BCUT2D eigenvalue weighted by molar-refractivity contribution is 0.0791. The zero-order chi connectivity index (χ0) is 20.6. The highest BCUT2D eigenvalue weighted by atomic mass is 127. The van der Waals surface area contributed by atoms with Crippen LogP contribution in [0, 0.1) is 0 Å². The van der Waals surface area contributed by atoms with Crippen molar-refractivity contribution in [3.05, 3.63) is 65.2 Å². The maximum atomic E-state index is 9.70. The molecule has 3 rings (SSSR count). The smallest absolute Gasteiger partial charge is 0.193 e. The average Bonchev–Trinajstić information content (AvgIpc) is 2.74. The van der Waals surface area contributed by atoms with Crippen molar-refractivity contribution in [3.8, 4) is 0 Å². The summed E-state index contributed by atoms with van der Waals surface area (Å²) in [6, 6.07) is 16.8. The SMILES string of the molecule is CCC(C)c1ccc(NC(N)=NCc2ccccc2CN2CCC(O)CC2)cc1.I. The summed E-state index contributed by atoms with van der Waals surface area (Å²) >= 11 is 0. The molecule has 1 aliphatic rings. The minimum Gasteiger partial charge on any atom is -0.393 e. The largest absolute Gasteiger partial charge is 0.393 e. The first kappa shape index (κ1) is 24.6. The van der Waals surface area contributed by atoms with Crippen molar-refractivity contribution in [3.63, 3.8) is 0 Å². The first-order valence-corrected chi connectivity index (χ1v) is 10.7. The highest BCUT2D eigenvalue weighted by molar-refractivity contribution is 14.0. The summed E-state index contributed by atoms with van der Waals surface area (Å²) in [7, 11) is 0. The molecule has 1 saturated heterocycles. The lowest BCUT2D eigenvalue weighted by Crippen LogP contribution is -2.35. The molecule has 1 fully saturated rings. The first-order chi connectivity index (χ1) is 14.0. The van der Waals surface area contributed by atoms with E-state index in [1.807, 2.05) is 6.07 Å². The van der Waals surface area contributed by atoms with E-state index >= 15 is 0 Å². The molecule has 1 aliphatic heterocycles. The molecule has 1 heterocycles. The van der Waals surface area contributed by atoms with Gasteiger partial charge >= 0.3 is 0 Å². The maximum absolute atomic E-state index is 9.70. The molecular formula is C24H35IN4O. The van der Waals surface area contributed by atoms with Crippen LogP contribution in [0.25, 0.3) is 0 Å². The van der Waals surface area contributed by atoms with E-state index in [1.165, 1.54) is 16.7 Å². The van der Waals surface area contributed by atoms with Crippen molar-refractivity contribution in [1.82, 2.24) is 4.90 Å². The highest BCUT2D eigenvalue weighted by Gasteiger charge is 2.17. The second-order valence-electron chi connectivity index (χ2n) is 8.03. The zero-order valence-corrected chi connectivity index (χ0v) is 20.4. The molecule has 1 unspecified atom stereocenters. The minimum absolute atomic E-state index is 0. The number of rotatable bonds is 7. The molecular weight excluding hydrogens is 487 g/mol. The van der Waals surface area contributed by atoms with Gasteiger partial charge in [-0.2, -0.15) is 0 Å². The van der Waals surface area contributed by atoms with E-state index < -0.39 is 0 Å². The quantitative estimate of drug-likeness (QED) is 0.280. The van der Waals surface area contributed by atoms with E-state index in [-0.39, 0.29) is 30.1 Å². The van der Waals surface area contributed by atoms with Gasteiger partial charge in [0.25, 0.3) is 0 Å². The number of hydrogen-bond acceptors (Lipinski definition) is 3. The van der Waals surface area contributed by atoms with Crippen LogP contribution in [0.3, 0.4) is 0 Å². The van der Waals surface area contributed by atoms with E-state index in [2.05, 4.69) is 71.5 Å². The third-order valence-corrected chi connectivity index (χ3v) is 5.85. The fourth-order valence-electron chi connectivity index (χ4n) is 3.67. The number of benzene rings is 2. The molecule has 2 aromatic rings. The van der Waals surface area contributed by atoms with Gasteiger partial charge in [0.2, 0.25) is 0 Å². The molecule has 0 spiro atoms. The summed E-state index contributed by atoms with van der Waals surface area (Å²) < 4.78 is 0. The molecule has 4 N–H and O–H groups in total. The van der Waals surface area contributed by atoms with E-state index in [1.54, 1.807) is 0 Å². The molecule has 0 saturated carbocycles. The van der Waals surface area contributed by atoms with Crippen LogP contribution < -0.4 is 11.1 Å². The van der Waals surface area contributed by atoms with Gasteiger partial charge in [-0.1, -0.05) is 50.2 Å². The maximum Gasteiger partial charge on any atom is 0.193 e. The van der Waals surface area contributed by atoms with Crippen LogP contribution in [0.15, 0.2) is 53.5 Å². The molecule has 0 aromatic heterocycles. The third kappa shape index (κ3) is 7.25. The number of nitrogens with two attached hydrogens (primary N) is 1. The van der Waals surface area contributed by atoms with Gasteiger partial charge in [-0.15, -0.1) is 24.0 Å². The number of guanidine groups is 1. The first-order valence-electron chi connectivity index (χ1n) is 10.7. The molecule has 0 bridgehead atoms. The zero-order valence-electron chi connectivity index (χ0n) is 18.1. The Hall–Kier alpha value is -1.64. The predicted molar refractivity (Wildman–Crippen MR) is 136 cm³/mol. The molecule has 1 atom stereocenters. The lowest BCUT2D eigenvalue weighted by atomic mass is 9.99. The van der Waals surface area contributed by atoms with Crippen molar-refractivity contribution >= 4 is 35.6 Å². The van der Waals surface area contributed by atoms with Gasteiger partial charge in [0, 0.05) is 25.3 Å². The van der Waals surface area contributed by atoms with E-state index in [0.29, 0.717) is 18.4 Å². The van der Waals surface area contributed by atoms with Crippen LogP contribution in [-0.4, -0.2) is 35.2 Å². The number of nitrogens with zero attached hydrogens (tertiary/aromatic N) is 2. The number of piperidine rings is 1. The molecule has 30 heavy (non-hydrogen) atoms. The summed E-state index contributed by atoms with van der Waals surface area (Å²) in [4.78, 5) is 6.95. The summed E-state index contributed by atoms with van der Waals surface area (Å²) in [6.07, 6.45) is 2.70. The predicted octanol–water partition coefficient (Wildman–Crippen LogP) is 4.70. The fraction of sp³-hybridized carbons (Fsp3) is 0.458. The van der Waals surface area contributed by atoms with Gasteiger partial charge in [0.15, 0.2) is 5.96 Å². The second kappa shape index (κ2) is 12.3. The molecule has 0 aliphatic carbocycles. The number of anilines is 1. The number of halogens is 1. The summed E-state index contributed by atoms with van der Waals surface area (Å²) in [5.41, 5.74) is 10.9. The lowest BCUT2D eigenvalue weighted by Gasteiger charge is -2.30. The van der Waals surface area contributed by atoms with Gasteiger partial charge in [0.1, 0.15) is 0 Å². The highest BCUT2D eigenvalue weighted by Crippen LogP contribution is 2.21. The Bertz CT molecular complexity index is 801.